The highest BCUT2D eigenvalue weighted by atomic mass is 16.5. The van der Waals surface area contributed by atoms with Crippen molar-refractivity contribution < 1.29 is 9.15 Å². The highest BCUT2D eigenvalue weighted by Crippen LogP contribution is 2.33. The van der Waals surface area contributed by atoms with Crippen molar-refractivity contribution in [3.05, 3.63) is 41.6 Å². The third-order valence-electron chi connectivity index (χ3n) is 4.01. The van der Waals surface area contributed by atoms with E-state index in [1.807, 2.05) is 19.1 Å². The van der Waals surface area contributed by atoms with Crippen molar-refractivity contribution in [3.8, 4) is 5.75 Å². The Bertz CT molecular complexity index is 579. The third kappa shape index (κ3) is 3.08. The second kappa shape index (κ2) is 6.26. The minimum atomic E-state index is 0.424. The number of ether oxygens (including phenoxy) is 1. The van der Waals surface area contributed by atoms with Crippen LogP contribution in [0.5, 0.6) is 5.75 Å². The summed E-state index contributed by atoms with van der Waals surface area (Å²) in [5.41, 5.74) is 1.32. The van der Waals surface area contributed by atoms with Crippen molar-refractivity contribution in [2.45, 2.75) is 38.8 Å². The lowest BCUT2D eigenvalue weighted by Crippen LogP contribution is -2.22. The minimum absolute atomic E-state index is 0.424. The first-order valence-electron chi connectivity index (χ1n) is 7.49. The molecule has 1 fully saturated rings. The summed E-state index contributed by atoms with van der Waals surface area (Å²) in [5, 5.41) is 8.16. The Balaban J connectivity index is 1.72. The van der Waals surface area contributed by atoms with Crippen LogP contribution in [0, 0.1) is 0 Å². The fourth-order valence-electron chi connectivity index (χ4n) is 2.89. The Kier molecular flexibility index (Phi) is 4.20. The molecule has 0 bridgehead atoms. The molecule has 1 aromatic carbocycles. The maximum absolute atomic E-state index is 5.63. The van der Waals surface area contributed by atoms with E-state index in [9.17, 15) is 0 Å². The monoisotopic (exact) mass is 287 g/mol. The second-order valence-corrected chi connectivity index (χ2v) is 5.34. The van der Waals surface area contributed by atoms with Crippen molar-refractivity contribution in [2.75, 3.05) is 13.7 Å². The van der Waals surface area contributed by atoms with E-state index in [4.69, 9.17) is 9.15 Å². The summed E-state index contributed by atoms with van der Waals surface area (Å²) < 4.78 is 10.9. The zero-order valence-corrected chi connectivity index (χ0v) is 12.6. The first-order valence-corrected chi connectivity index (χ1v) is 7.49. The molecule has 1 unspecified atom stereocenters. The summed E-state index contributed by atoms with van der Waals surface area (Å²) in [6.07, 6.45) is 3.15. The Morgan fingerprint density at radius 1 is 1.24 bits per heavy atom. The van der Waals surface area contributed by atoms with Gasteiger partial charge < -0.3 is 9.15 Å². The van der Waals surface area contributed by atoms with Crippen molar-refractivity contribution in [3.63, 3.8) is 0 Å². The molecule has 0 amide bonds. The number of nitrogens with zero attached hydrogens (tertiary/aromatic N) is 3. The number of hydrogen-bond donors (Lipinski definition) is 0. The molecule has 0 saturated carbocycles. The van der Waals surface area contributed by atoms with Crippen LogP contribution < -0.4 is 4.74 Å². The zero-order valence-electron chi connectivity index (χ0n) is 12.6. The van der Waals surface area contributed by atoms with Crippen LogP contribution in [-0.2, 0) is 13.0 Å². The number of aromatic nitrogens is 2. The number of rotatable bonds is 5. The summed E-state index contributed by atoms with van der Waals surface area (Å²) in [6.45, 7) is 3.82. The molecule has 0 N–H and O–H groups in total. The van der Waals surface area contributed by atoms with Gasteiger partial charge in [0, 0.05) is 12.5 Å². The van der Waals surface area contributed by atoms with E-state index in [0.717, 1.165) is 25.3 Å². The van der Waals surface area contributed by atoms with Gasteiger partial charge in [-0.1, -0.05) is 19.1 Å². The smallest absolute Gasteiger partial charge is 0.230 e. The maximum atomic E-state index is 5.63. The number of benzene rings is 1. The molecule has 1 aliphatic rings. The fourth-order valence-corrected chi connectivity index (χ4v) is 2.89. The molecule has 1 aliphatic heterocycles. The highest BCUT2D eigenvalue weighted by molar-refractivity contribution is 5.29. The van der Waals surface area contributed by atoms with Gasteiger partial charge in [0.15, 0.2) is 0 Å². The lowest BCUT2D eigenvalue weighted by atomic mass is 10.0. The quantitative estimate of drug-likeness (QED) is 0.846. The van der Waals surface area contributed by atoms with Gasteiger partial charge in [-0.15, -0.1) is 10.2 Å². The minimum Gasteiger partial charge on any atom is -0.497 e. The van der Waals surface area contributed by atoms with E-state index in [2.05, 4.69) is 27.2 Å². The van der Waals surface area contributed by atoms with Crippen LogP contribution in [0.15, 0.2) is 28.7 Å². The Morgan fingerprint density at radius 3 is 2.67 bits per heavy atom. The number of aryl methyl sites for hydroxylation is 1. The summed E-state index contributed by atoms with van der Waals surface area (Å²) >= 11 is 0. The molecule has 112 valence electrons. The van der Waals surface area contributed by atoms with Gasteiger partial charge >= 0.3 is 0 Å². The molecule has 3 rings (SSSR count). The molecule has 1 atom stereocenters. The summed E-state index contributed by atoms with van der Waals surface area (Å²) in [6, 6.07) is 8.76. The Morgan fingerprint density at radius 2 is 2.00 bits per heavy atom. The molecule has 0 aliphatic carbocycles. The second-order valence-electron chi connectivity index (χ2n) is 5.34. The summed E-state index contributed by atoms with van der Waals surface area (Å²) in [5.74, 6) is 2.32. The number of hydrogen-bond acceptors (Lipinski definition) is 5. The molecule has 2 heterocycles. The van der Waals surface area contributed by atoms with Gasteiger partial charge in [-0.05, 0) is 37.1 Å². The third-order valence-corrected chi connectivity index (χ3v) is 4.01. The van der Waals surface area contributed by atoms with E-state index >= 15 is 0 Å². The molecule has 5 nitrogen and oxygen atoms in total. The molecule has 2 aromatic rings. The fraction of sp³-hybridized carbons (Fsp3) is 0.500. The van der Waals surface area contributed by atoms with Crippen LogP contribution in [0.25, 0.3) is 0 Å². The zero-order chi connectivity index (χ0) is 14.7. The predicted octanol–water partition coefficient (Wildman–Crippen LogP) is 2.98. The summed E-state index contributed by atoms with van der Waals surface area (Å²) in [4.78, 5) is 2.41. The van der Waals surface area contributed by atoms with Gasteiger partial charge in [0.1, 0.15) is 5.75 Å². The van der Waals surface area contributed by atoms with Gasteiger partial charge in [0.2, 0.25) is 11.8 Å². The lowest BCUT2D eigenvalue weighted by molar-refractivity contribution is 0.221. The average molecular weight is 287 g/mol. The standard InChI is InChI=1S/C16H21N3O2/c1-3-15-17-18-16(21-15)11-19-10-4-5-14(19)12-6-8-13(20-2)9-7-12/h6-9,14H,3-5,10-11H2,1-2H3. The SMILES string of the molecule is CCc1nnc(CN2CCCC2c2ccc(OC)cc2)o1. The first-order chi connectivity index (χ1) is 10.3. The van der Waals surface area contributed by atoms with Crippen molar-refractivity contribution in [1.82, 2.24) is 15.1 Å². The van der Waals surface area contributed by atoms with E-state index in [0.29, 0.717) is 17.8 Å². The van der Waals surface area contributed by atoms with Gasteiger partial charge in [-0.3, -0.25) is 4.90 Å². The predicted molar refractivity (Wildman–Crippen MR) is 79.1 cm³/mol. The molecule has 1 saturated heterocycles. The molecular weight excluding hydrogens is 266 g/mol. The highest BCUT2D eigenvalue weighted by Gasteiger charge is 2.27. The number of likely N-dealkylation sites (tertiary alicyclic amines) is 1. The topological polar surface area (TPSA) is 51.4 Å². The molecule has 21 heavy (non-hydrogen) atoms. The Labute approximate surface area is 124 Å². The van der Waals surface area contributed by atoms with Crippen LogP contribution in [0.4, 0.5) is 0 Å². The van der Waals surface area contributed by atoms with Gasteiger partial charge in [0.25, 0.3) is 0 Å². The maximum Gasteiger partial charge on any atom is 0.230 e. The van der Waals surface area contributed by atoms with Crippen molar-refractivity contribution in [1.29, 1.82) is 0 Å². The average Bonchev–Trinajstić information content (AvgIpc) is 3.17. The van der Waals surface area contributed by atoms with Crippen molar-refractivity contribution >= 4 is 0 Å². The molecule has 0 radical (unpaired) electrons. The van der Waals surface area contributed by atoms with Gasteiger partial charge in [-0.2, -0.15) is 0 Å². The van der Waals surface area contributed by atoms with E-state index in [1.165, 1.54) is 18.4 Å². The summed E-state index contributed by atoms with van der Waals surface area (Å²) in [7, 11) is 1.69. The van der Waals surface area contributed by atoms with Crippen LogP contribution >= 0.6 is 0 Å². The van der Waals surface area contributed by atoms with Crippen molar-refractivity contribution in [2.24, 2.45) is 0 Å². The molecule has 5 heteroatoms. The number of methoxy groups -OCH3 is 1. The largest absolute Gasteiger partial charge is 0.497 e. The van der Waals surface area contributed by atoms with Crippen LogP contribution in [0.3, 0.4) is 0 Å². The van der Waals surface area contributed by atoms with Crippen LogP contribution in [0.2, 0.25) is 0 Å². The Hall–Kier alpha value is -1.88. The van der Waals surface area contributed by atoms with Gasteiger partial charge in [0.05, 0.1) is 13.7 Å². The van der Waals surface area contributed by atoms with Crippen LogP contribution in [0.1, 0.15) is 43.2 Å². The van der Waals surface area contributed by atoms with E-state index in [1.54, 1.807) is 7.11 Å². The lowest BCUT2D eigenvalue weighted by Gasteiger charge is -2.23. The van der Waals surface area contributed by atoms with E-state index < -0.39 is 0 Å². The van der Waals surface area contributed by atoms with Gasteiger partial charge in [-0.25, -0.2) is 0 Å². The molecular formula is C16H21N3O2. The molecule has 0 spiro atoms. The molecule has 1 aromatic heterocycles. The van der Waals surface area contributed by atoms with Crippen LogP contribution in [-0.4, -0.2) is 28.8 Å². The first kappa shape index (κ1) is 14.1. The normalized spacial score (nSPS) is 19.0. The van der Waals surface area contributed by atoms with E-state index in [-0.39, 0.29) is 0 Å².